The first-order valence-corrected chi connectivity index (χ1v) is 5.18. The van der Waals surface area contributed by atoms with E-state index in [0.717, 1.165) is 0 Å². The van der Waals surface area contributed by atoms with Gasteiger partial charge in [0.1, 0.15) is 5.94 Å². The van der Waals surface area contributed by atoms with E-state index in [9.17, 15) is 8.42 Å². The zero-order chi connectivity index (χ0) is 9.19. The Kier molecular flexibility index (Phi) is 2.72. The van der Waals surface area contributed by atoms with Crippen LogP contribution >= 0.6 is 11.6 Å². The first kappa shape index (κ1) is 9.51. The van der Waals surface area contributed by atoms with Crippen molar-refractivity contribution >= 4 is 21.4 Å². The van der Waals surface area contributed by atoms with Crippen molar-refractivity contribution in [2.45, 2.75) is 4.90 Å². The normalized spacial score (nSPS) is 11.5. The number of aliphatic hydroxyl groups excluding tert-OH is 1. The molecule has 66 valence electrons. The highest BCUT2D eigenvalue weighted by atomic mass is 35.5. The van der Waals surface area contributed by atoms with Gasteiger partial charge in [-0.25, -0.2) is 8.42 Å². The molecule has 0 spiro atoms. The minimum Gasteiger partial charge on any atom is -0.380 e. The average molecular weight is 207 g/mol. The first-order valence-electron chi connectivity index (χ1n) is 3.15. The summed E-state index contributed by atoms with van der Waals surface area (Å²) in [5.41, 5.74) is 0. The molecule has 0 bridgehead atoms. The molecule has 1 aromatic rings. The number of rotatable bonds is 2. The van der Waals surface area contributed by atoms with E-state index in [1.807, 2.05) is 0 Å². The van der Waals surface area contributed by atoms with E-state index in [2.05, 4.69) is 0 Å². The van der Waals surface area contributed by atoms with E-state index in [-0.39, 0.29) is 4.90 Å². The van der Waals surface area contributed by atoms with Crippen LogP contribution < -0.4 is 0 Å². The zero-order valence-electron chi connectivity index (χ0n) is 6.07. The third kappa shape index (κ3) is 1.97. The minimum atomic E-state index is -3.55. The summed E-state index contributed by atoms with van der Waals surface area (Å²) in [6, 6.07) is 5.77. The Hall–Kier alpha value is -0.580. The van der Waals surface area contributed by atoms with Crippen molar-refractivity contribution in [3.05, 3.63) is 29.3 Å². The van der Waals surface area contributed by atoms with Gasteiger partial charge >= 0.3 is 0 Å². The Balaban J connectivity index is 3.21. The number of halogens is 1. The summed E-state index contributed by atoms with van der Waals surface area (Å²) in [5, 5.41) is 8.84. The van der Waals surface area contributed by atoms with Gasteiger partial charge in [0.15, 0.2) is 0 Å². The molecule has 0 radical (unpaired) electrons. The van der Waals surface area contributed by atoms with Crippen molar-refractivity contribution in [1.82, 2.24) is 0 Å². The van der Waals surface area contributed by atoms with Gasteiger partial charge in [-0.05, 0) is 18.2 Å². The molecule has 0 aliphatic rings. The lowest BCUT2D eigenvalue weighted by Crippen LogP contribution is -2.05. The van der Waals surface area contributed by atoms with Gasteiger partial charge < -0.3 is 5.11 Å². The standard InChI is InChI=1S/C7H7ClO3S/c8-6-2-1-3-7(4-6)12(10,11)5-9/h1-4,9H,5H2. The molecule has 3 nitrogen and oxygen atoms in total. The minimum absolute atomic E-state index is 0.0394. The van der Waals surface area contributed by atoms with Crippen LogP contribution in [0.1, 0.15) is 0 Å². The fourth-order valence-corrected chi connectivity index (χ4v) is 1.73. The summed E-state index contributed by atoms with van der Waals surface area (Å²) < 4.78 is 22.1. The second-order valence-corrected chi connectivity index (χ2v) is 4.60. The molecule has 1 rings (SSSR count). The molecule has 5 heteroatoms. The molecule has 12 heavy (non-hydrogen) atoms. The molecule has 0 aliphatic heterocycles. The van der Waals surface area contributed by atoms with Gasteiger partial charge in [0.25, 0.3) is 0 Å². The van der Waals surface area contributed by atoms with Gasteiger partial charge in [-0.3, -0.25) is 0 Å². The molecular weight excluding hydrogens is 200 g/mol. The molecule has 0 aliphatic carbocycles. The van der Waals surface area contributed by atoms with Crippen molar-refractivity contribution < 1.29 is 13.5 Å². The molecule has 0 amide bonds. The molecule has 1 N–H and O–H groups in total. The Morgan fingerprint density at radius 1 is 1.42 bits per heavy atom. The second-order valence-electron chi connectivity index (χ2n) is 2.20. The Morgan fingerprint density at radius 2 is 2.08 bits per heavy atom. The van der Waals surface area contributed by atoms with E-state index in [0.29, 0.717) is 5.02 Å². The molecule has 0 atom stereocenters. The second kappa shape index (κ2) is 3.43. The van der Waals surface area contributed by atoms with Crippen LogP contribution in [0, 0.1) is 0 Å². The van der Waals surface area contributed by atoms with Crippen LogP contribution in [-0.2, 0) is 9.84 Å². The predicted octanol–water partition coefficient (Wildman–Crippen LogP) is 1.06. The maximum atomic E-state index is 11.0. The van der Waals surface area contributed by atoms with Crippen molar-refractivity contribution in [2.24, 2.45) is 0 Å². The number of benzene rings is 1. The topological polar surface area (TPSA) is 54.4 Å². The van der Waals surface area contributed by atoms with Crippen LogP contribution in [0.3, 0.4) is 0 Å². The largest absolute Gasteiger partial charge is 0.380 e. The molecular formula is C7H7ClO3S. The van der Waals surface area contributed by atoms with Crippen molar-refractivity contribution in [3.63, 3.8) is 0 Å². The number of aliphatic hydroxyl groups is 1. The summed E-state index contributed by atoms with van der Waals surface area (Å²) >= 11 is 5.56. The van der Waals surface area contributed by atoms with Crippen LogP contribution in [0.5, 0.6) is 0 Å². The number of hydrogen-bond acceptors (Lipinski definition) is 3. The van der Waals surface area contributed by atoms with E-state index in [1.165, 1.54) is 18.2 Å². The van der Waals surface area contributed by atoms with Gasteiger partial charge in [0.2, 0.25) is 9.84 Å². The highest BCUT2D eigenvalue weighted by Crippen LogP contribution is 2.15. The summed E-state index contributed by atoms with van der Waals surface area (Å²) in [6.07, 6.45) is 0. The van der Waals surface area contributed by atoms with Crippen LogP contribution in [0.2, 0.25) is 5.02 Å². The maximum Gasteiger partial charge on any atom is 0.202 e. The molecule has 0 heterocycles. The van der Waals surface area contributed by atoms with Crippen LogP contribution in [0.4, 0.5) is 0 Å². The molecule has 0 saturated carbocycles. The summed E-state index contributed by atoms with van der Waals surface area (Å²) in [4.78, 5) is 0.0394. The SMILES string of the molecule is O=S(=O)(CO)c1cccc(Cl)c1. The Bertz CT molecular complexity index is 372. The predicted molar refractivity (Wildman–Crippen MR) is 45.7 cm³/mol. The van der Waals surface area contributed by atoms with E-state index < -0.39 is 15.8 Å². The molecule has 0 unspecified atom stereocenters. The number of hydrogen-bond donors (Lipinski definition) is 1. The van der Waals surface area contributed by atoms with Crippen LogP contribution in [-0.4, -0.2) is 19.5 Å². The van der Waals surface area contributed by atoms with E-state index in [4.69, 9.17) is 16.7 Å². The number of sulfone groups is 1. The molecule has 0 aromatic heterocycles. The van der Waals surface area contributed by atoms with E-state index >= 15 is 0 Å². The lowest BCUT2D eigenvalue weighted by molar-refractivity contribution is 0.358. The summed E-state index contributed by atoms with van der Waals surface area (Å²) in [5.74, 6) is -0.895. The smallest absolute Gasteiger partial charge is 0.202 e. The fraction of sp³-hybridized carbons (Fsp3) is 0.143. The quantitative estimate of drug-likeness (QED) is 0.788. The summed E-state index contributed by atoms with van der Waals surface area (Å²) in [6.45, 7) is 0. The van der Waals surface area contributed by atoms with Crippen LogP contribution in [0.15, 0.2) is 29.2 Å². The monoisotopic (exact) mass is 206 g/mol. The highest BCUT2D eigenvalue weighted by Gasteiger charge is 2.11. The molecule has 0 fully saturated rings. The third-order valence-corrected chi connectivity index (χ3v) is 2.87. The third-order valence-electron chi connectivity index (χ3n) is 1.33. The van der Waals surface area contributed by atoms with Gasteiger partial charge in [-0.2, -0.15) is 0 Å². The molecule has 1 aromatic carbocycles. The molecule has 0 saturated heterocycles. The Morgan fingerprint density at radius 3 is 2.58 bits per heavy atom. The first-order chi connectivity index (χ1) is 5.56. The average Bonchev–Trinajstić information content (AvgIpc) is 2.05. The Labute approximate surface area is 75.5 Å². The van der Waals surface area contributed by atoms with Gasteiger partial charge in [0.05, 0.1) is 4.90 Å². The van der Waals surface area contributed by atoms with Crippen molar-refractivity contribution in [2.75, 3.05) is 5.94 Å². The lowest BCUT2D eigenvalue weighted by atomic mass is 10.4. The van der Waals surface area contributed by atoms with Crippen LogP contribution in [0.25, 0.3) is 0 Å². The van der Waals surface area contributed by atoms with Gasteiger partial charge in [0, 0.05) is 5.02 Å². The van der Waals surface area contributed by atoms with Crippen molar-refractivity contribution in [1.29, 1.82) is 0 Å². The zero-order valence-corrected chi connectivity index (χ0v) is 7.64. The summed E-state index contributed by atoms with van der Waals surface area (Å²) in [7, 11) is -3.55. The maximum absolute atomic E-state index is 11.0. The van der Waals surface area contributed by atoms with Gasteiger partial charge in [-0.1, -0.05) is 17.7 Å². The van der Waals surface area contributed by atoms with Gasteiger partial charge in [-0.15, -0.1) is 0 Å². The van der Waals surface area contributed by atoms with Crippen molar-refractivity contribution in [3.8, 4) is 0 Å². The highest BCUT2D eigenvalue weighted by molar-refractivity contribution is 7.91. The lowest BCUT2D eigenvalue weighted by Gasteiger charge is -1.99. The fourth-order valence-electron chi connectivity index (χ4n) is 0.735. The van der Waals surface area contributed by atoms with E-state index in [1.54, 1.807) is 6.07 Å².